The summed E-state index contributed by atoms with van der Waals surface area (Å²) >= 11 is 0. The molecule has 0 fully saturated rings. The lowest BCUT2D eigenvalue weighted by Crippen LogP contribution is -2.09. The molecule has 0 atom stereocenters. The fraction of sp³-hybridized carbons (Fsp3) is 0.125. The number of aryl methyl sites for hydroxylation is 1. The average Bonchev–Trinajstić information content (AvgIpc) is 3.09. The van der Waals surface area contributed by atoms with Gasteiger partial charge in [-0.15, -0.1) is 0 Å². The van der Waals surface area contributed by atoms with E-state index in [1.54, 1.807) is 55.7 Å². The number of fused-ring (bicyclic) bond motifs is 1. The number of rotatable bonds is 5. The quantitative estimate of drug-likeness (QED) is 0.349. The number of esters is 1. The molecule has 0 N–H and O–H groups in total. The molecule has 0 spiro atoms. The smallest absolute Gasteiger partial charge is 0.343 e. The third-order valence-electron chi connectivity index (χ3n) is 4.72. The summed E-state index contributed by atoms with van der Waals surface area (Å²) in [6.45, 7) is 1.76. The van der Waals surface area contributed by atoms with E-state index in [0.29, 0.717) is 28.4 Å². The Hall–Kier alpha value is -4.13. The highest BCUT2D eigenvalue weighted by atomic mass is 16.5. The molecule has 0 saturated heterocycles. The van der Waals surface area contributed by atoms with Crippen LogP contribution < -0.4 is 18.9 Å². The van der Waals surface area contributed by atoms with Crippen LogP contribution in [0.5, 0.6) is 23.0 Å². The molecule has 1 aliphatic rings. The first kappa shape index (κ1) is 20.2. The highest BCUT2D eigenvalue weighted by Gasteiger charge is 2.30. The maximum Gasteiger partial charge on any atom is 0.343 e. The van der Waals surface area contributed by atoms with Gasteiger partial charge in [0.15, 0.2) is 5.76 Å². The summed E-state index contributed by atoms with van der Waals surface area (Å²) in [5.74, 6) is 0.904. The van der Waals surface area contributed by atoms with Crippen molar-refractivity contribution in [2.45, 2.75) is 6.92 Å². The second-order valence-corrected chi connectivity index (χ2v) is 6.83. The van der Waals surface area contributed by atoms with Gasteiger partial charge in [0, 0.05) is 24.5 Å². The topological polar surface area (TPSA) is 84.0 Å². The van der Waals surface area contributed by atoms with Crippen LogP contribution >= 0.6 is 0 Å². The van der Waals surface area contributed by atoms with E-state index in [4.69, 9.17) is 18.9 Å². The Labute approximate surface area is 178 Å². The fourth-order valence-electron chi connectivity index (χ4n) is 3.24. The molecule has 1 aromatic heterocycles. The Bertz CT molecular complexity index is 1180. The number of ketones is 1. The average molecular weight is 417 g/mol. The van der Waals surface area contributed by atoms with E-state index in [-0.39, 0.29) is 22.9 Å². The predicted molar refractivity (Wildman–Crippen MR) is 113 cm³/mol. The van der Waals surface area contributed by atoms with Crippen LogP contribution in [0.2, 0.25) is 0 Å². The SMILES string of the molecule is COc1cc(OC)cc(C(=O)Oc2cc(C)c3c(c2)O/C(=C\c2cccnc2)C3=O)c1. The highest BCUT2D eigenvalue weighted by Crippen LogP contribution is 2.37. The van der Waals surface area contributed by atoms with Gasteiger partial charge in [0.1, 0.15) is 23.0 Å². The standard InChI is InChI=1S/C24H19NO6/c1-14-7-19(30-24(27)16-9-17(28-2)11-18(10-16)29-3)12-20-22(14)23(26)21(31-20)8-15-5-4-6-25-13-15/h4-13H,1-3H3/b21-8-. The van der Waals surface area contributed by atoms with Crippen LogP contribution in [-0.4, -0.2) is 31.0 Å². The molecule has 156 valence electrons. The van der Waals surface area contributed by atoms with Crippen LogP contribution in [0.1, 0.15) is 31.8 Å². The molecule has 0 amide bonds. The summed E-state index contributed by atoms with van der Waals surface area (Å²) < 4.78 is 21.7. The van der Waals surface area contributed by atoms with Crippen LogP contribution in [0.4, 0.5) is 0 Å². The number of Topliss-reactive ketones (excluding diaryl/α,β-unsaturated/α-hetero) is 1. The first-order chi connectivity index (χ1) is 15.0. The minimum Gasteiger partial charge on any atom is -0.497 e. The van der Waals surface area contributed by atoms with Crippen molar-refractivity contribution in [3.05, 3.63) is 82.9 Å². The van der Waals surface area contributed by atoms with Gasteiger partial charge in [-0.05, 0) is 48.4 Å². The van der Waals surface area contributed by atoms with Crippen LogP contribution in [0.3, 0.4) is 0 Å². The summed E-state index contributed by atoms with van der Waals surface area (Å²) in [7, 11) is 3.00. The van der Waals surface area contributed by atoms with Gasteiger partial charge < -0.3 is 18.9 Å². The maximum atomic E-state index is 12.8. The fourth-order valence-corrected chi connectivity index (χ4v) is 3.24. The van der Waals surface area contributed by atoms with Gasteiger partial charge in [-0.3, -0.25) is 9.78 Å². The first-order valence-corrected chi connectivity index (χ1v) is 9.42. The first-order valence-electron chi connectivity index (χ1n) is 9.42. The monoisotopic (exact) mass is 417 g/mol. The second kappa shape index (κ2) is 8.31. The van der Waals surface area contributed by atoms with Gasteiger partial charge in [-0.1, -0.05) is 6.07 Å². The number of ether oxygens (including phenoxy) is 4. The van der Waals surface area contributed by atoms with Crippen LogP contribution in [0.25, 0.3) is 6.08 Å². The molecule has 1 aliphatic heterocycles. The van der Waals surface area contributed by atoms with E-state index in [2.05, 4.69) is 4.98 Å². The van der Waals surface area contributed by atoms with Gasteiger partial charge in [0.25, 0.3) is 0 Å². The number of pyridine rings is 1. The van der Waals surface area contributed by atoms with Gasteiger partial charge in [-0.25, -0.2) is 4.79 Å². The lowest BCUT2D eigenvalue weighted by Gasteiger charge is -2.10. The van der Waals surface area contributed by atoms with E-state index in [9.17, 15) is 9.59 Å². The van der Waals surface area contributed by atoms with Crippen molar-refractivity contribution in [2.75, 3.05) is 14.2 Å². The summed E-state index contributed by atoms with van der Waals surface area (Å²) in [5, 5.41) is 0. The largest absolute Gasteiger partial charge is 0.497 e. The highest BCUT2D eigenvalue weighted by molar-refractivity contribution is 6.15. The molecule has 7 heteroatoms. The van der Waals surface area contributed by atoms with Crippen LogP contribution in [0.15, 0.2) is 60.6 Å². The lowest BCUT2D eigenvalue weighted by atomic mass is 10.0. The molecular formula is C24H19NO6. The number of nitrogens with zero attached hydrogens (tertiary/aromatic N) is 1. The normalized spacial score (nSPS) is 13.5. The Morgan fingerprint density at radius 3 is 2.42 bits per heavy atom. The molecular weight excluding hydrogens is 398 g/mol. The maximum absolute atomic E-state index is 12.8. The molecule has 0 bridgehead atoms. The van der Waals surface area contributed by atoms with Crippen LogP contribution in [-0.2, 0) is 0 Å². The van der Waals surface area contributed by atoms with Crippen molar-refractivity contribution in [3.63, 3.8) is 0 Å². The summed E-state index contributed by atoms with van der Waals surface area (Å²) in [6, 6.07) is 11.5. The lowest BCUT2D eigenvalue weighted by molar-refractivity contribution is 0.0733. The summed E-state index contributed by atoms with van der Waals surface area (Å²) in [5.41, 5.74) is 2.10. The number of carbonyl (C=O) groups is 2. The van der Waals surface area contributed by atoms with Crippen molar-refractivity contribution in [2.24, 2.45) is 0 Å². The second-order valence-electron chi connectivity index (χ2n) is 6.83. The zero-order chi connectivity index (χ0) is 22.0. The van der Waals surface area contributed by atoms with E-state index < -0.39 is 5.97 Å². The van der Waals surface area contributed by atoms with Crippen molar-refractivity contribution in [1.82, 2.24) is 4.98 Å². The Morgan fingerprint density at radius 2 is 1.77 bits per heavy atom. The molecule has 3 aromatic rings. The van der Waals surface area contributed by atoms with Crippen molar-refractivity contribution >= 4 is 17.8 Å². The zero-order valence-corrected chi connectivity index (χ0v) is 17.2. The third-order valence-corrected chi connectivity index (χ3v) is 4.72. The van der Waals surface area contributed by atoms with E-state index in [0.717, 1.165) is 5.56 Å². The van der Waals surface area contributed by atoms with Crippen molar-refractivity contribution in [1.29, 1.82) is 0 Å². The summed E-state index contributed by atoms with van der Waals surface area (Å²) in [6.07, 6.45) is 4.91. The van der Waals surface area contributed by atoms with Crippen molar-refractivity contribution in [3.8, 4) is 23.0 Å². The molecule has 0 unspecified atom stereocenters. The molecule has 2 heterocycles. The minimum atomic E-state index is -0.591. The van der Waals surface area contributed by atoms with Gasteiger partial charge >= 0.3 is 5.97 Å². The van der Waals surface area contributed by atoms with Gasteiger partial charge in [-0.2, -0.15) is 0 Å². The Kier molecular flexibility index (Phi) is 5.41. The number of carbonyl (C=O) groups excluding carboxylic acids is 2. The number of aromatic nitrogens is 1. The molecule has 31 heavy (non-hydrogen) atoms. The molecule has 0 aliphatic carbocycles. The van der Waals surface area contributed by atoms with E-state index in [1.807, 2.05) is 6.07 Å². The van der Waals surface area contributed by atoms with E-state index >= 15 is 0 Å². The molecule has 7 nitrogen and oxygen atoms in total. The molecule has 2 aromatic carbocycles. The predicted octanol–water partition coefficient (Wildman–Crippen LogP) is 4.24. The van der Waals surface area contributed by atoms with Crippen molar-refractivity contribution < 1.29 is 28.5 Å². The summed E-state index contributed by atoms with van der Waals surface area (Å²) in [4.78, 5) is 29.5. The number of allylic oxidation sites excluding steroid dienone is 1. The molecule has 0 saturated carbocycles. The van der Waals surface area contributed by atoms with E-state index in [1.165, 1.54) is 20.3 Å². The third kappa shape index (κ3) is 4.11. The number of hydrogen-bond acceptors (Lipinski definition) is 7. The Morgan fingerprint density at radius 1 is 1.03 bits per heavy atom. The number of hydrogen-bond donors (Lipinski definition) is 0. The van der Waals surface area contributed by atoms with Gasteiger partial charge in [0.2, 0.25) is 5.78 Å². The molecule has 0 radical (unpaired) electrons. The minimum absolute atomic E-state index is 0.187. The van der Waals surface area contributed by atoms with Crippen LogP contribution in [0, 0.1) is 6.92 Å². The number of methoxy groups -OCH3 is 2. The Balaban J connectivity index is 1.60. The van der Waals surface area contributed by atoms with Gasteiger partial charge in [0.05, 0.1) is 25.3 Å². The molecule has 4 rings (SSSR count). The number of benzene rings is 2. The zero-order valence-electron chi connectivity index (χ0n) is 17.2.